The number of ether oxygens (including phenoxy) is 1. The Morgan fingerprint density at radius 1 is 0.932 bits per heavy atom. The van der Waals surface area contributed by atoms with Gasteiger partial charge in [-0.05, 0) is 48.5 Å². The van der Waals surface area contributed by atoms with E-state index < -0.39 is 38.1 Å². The van der Waals surface area contributed by atoms with Crippen molar-refractivity contribution in [1.29, 1.82) is 0 Å². The summed E-state index contributed by atoms with van der Waals surface area (Å²) in [7, 11) is -4.82. The Morgan fingerprint density at radius 2 is 1.70 bits per heavy atom. The lowest BCUT2D eigenvalue weighted by molar-refractivity contribution is 0.122. The van der Waals surface area contributed by atoms with Gasteiger partial charge in [-0.15, -0.1) is 0 Å². The van der Waals surface area contributed by atoms with Gasteiger partial charge in [0.25, 0.3) is 10.0 Å². The fourth-order valence-corrected chi connectivity index (χ4v) is 6.53. The normalized spacial score (nSPS) is 13.6. The number of nitrogens with zero attached hydrogens (tertiary/aromatic N) is 5. The number of nitrogens with one attached hydrogen (secondary N) is 2. The number of aromatic nitrogens is 4. The molecule has 0 aliphatic carbocycles. The van der Waals surface area contributed by atoms with Crippen LogP contribution in [0.2, 0.25) is 0 Å². The van der Waals surface area contributed by atoms with Crippen LogP contribution in [0.1, 0.15) is 0 Å². The number of hydrogen-bond donors (Lipinski definition) is 3. The first kappa shape index (κ1) is 29.3. The third kappa shape index (κ3) is 6.13. The number of rotatable bonds is 8. The zero-order chi connectivity index (χ0) is 30.8. The van der Waals surface area contributed by atoms with E-state index in [1.54, 1.807) is 12.3 Å². The molecule has 1 saturated heterocycles. The maximum absolute atomic E-state index is 14.8. The zero-order valence-corrected chi connectivity index (χ0v) is 24.3. The number of nitrogens with two attached hydrogens (primary N) is 1. The van der Waals surface area contributed by atoms with E-state index in [2.05, 4.69) is 30.2 Å². The van der Waals surface area contributed by atoms with Crippen LogP contribution < -0.4 is 20.7 Å². The number of sulfonamides is 1. The largest absolute Gasteiger partial charge is 0.378 e. The van der Waals surface area contributed by atoms with Gasteiger partial charge in [-0.2, -0.15) is 0 Å². The van der Waals surface area contributed by atoms with Crippen molar-refractivity contribution < 1.29 is 26.3 Å². The molecule has 0 bridgehead atoms. The fourth-order valence-electron chi connectivity index (χ4n) is 4.51. The first-order chi connectivity index (χ1) is 21.2. The number of hydrogen-bond acceptors (Lipinski definition) is 11. The second kappa shape index (κ2) is 12.1. The highest BCUT2D eigenvalue weighted by Gasteiger charge is 2.26. The highest BCUT2D eigenvalue weighted by molar-refractivity contribution is 7.92. The lowest BCUT2D eigenvalue weighted by Gasteiger charge is -2.27. The Balaban J connectivity index is 1.27. The fraction of sp³-hybridized carbons (Fsp3) is 0.143. The number of pyridine rings is 1. The molecule has 0 spiro atoms. The predicted molar refractivity (Wildman–Crippen MR) is 161 cm³/mol. The highest BCUT2D eigenvalue weighted by atomic mass is 32.2. The number of benzene rings is 2. The zero-order valence-electron chi connectivity index (χ0n) is 22.7. The minimum Gasteiger partial charge on any atom is -0.378 e. The summed E-state index contributed by atoms with van der Waals surface area (Å²) in [6, 6.07) is 11.5. The average molecular weight is 641 g/mol. The van der Waals surface area contributed by atoms with Gasteiger partial charge >= 0.3 is 0 Å². The van der Waals surface area contributed by atoms with Crippen LogP contribution in [0.4, 0.5) is 41.4 Å². The van der Waals surface area contributed by atoms with Gasteiger partial charge < -0.3 is 20.7 Å². The molecule has 1 aliphatic heterocycles. The van der Waals surface area contributed by atoms with Crippen LogP contribution in [0.5, 0.6) is 0 Å². The summed E-state index contributed by atoms with van der Waals surface area (Å²) in [5.74, 6) is -2.51. The molecule has 16 heteroatoms. The summed E-state index contributed by atoms with van der Waals surface area (Å²) in [6.45, 7) is 2.82. The van der Waals surface area contributed by atoms with Gasteiger partial charge in [0.05, 0.1) is 47.1 Å². The van der Waals surface area contributed by atoms with Crippen molar-refractivity contribution in [2.45, 2.75) is 4.90 Å². The molecule has 44 heavy (non-hydrogen) atoms. The van der Waals surface area contributed by atoms with E-state index in [0.717, 1.165) is 60.6 Å². The van der Waals surface area contributed by atoms with Gasteiger partial charge in [0.1, 0.15) is 23.3 Å². The lowest BCUT2D eigenvalue weighted by Crippen LogP contribution is -2.36. The third-order valence-corrected chi connectivity index (χ3v) is 8.87. The maximum Gasteiger partial charge on any atom is 0.267 e. The minimum atomic E-state index is -4.82. The summed E-state index contributed by atoms with van der Waals surface area (Å²) in [5.41, 5.74) is 7.14. The molecule has 4 heterocycles. The third-order valence-electron chi connectivity index (χ3n) is 6.54. The quantitative estimate of drug-likeness (QED) is 0.211. The van der Waals surface area contributed by atoms with Crippen LogP contribution in [0, 0.1) is 17.5 Å². The van der Waals surface area contributed by atoms with Crippen LogP contribution in [0.3, 0.4) is 0 Å². The van der Waals surface area contributed by atoms with Crippen LogP contribution in [0.15, 0.2) is 71.9 Å². The monoisotopic (exact) mass is 640 g/mol. The van der Waals surface area contributed by atoms with Gasteiger partial charge in [-0.3, -0.25) is 4.72 Å². The number of nitrogen functional groups attached to an aromatic ring is 1. The average Bonchev–Trinajstić information content (AvgIpc) is 3.40. The van der Waals surface area contributed by atoms with E-state index in [1.807, 2.05) is 16.9 Å². The van der Waals surface area contributed by atoms with Crippen molar-refractivity contribution in [3.63, 3.8) is 0 Å². The Hall–Kier alpha value is -4.80. The smallest absolute Gasteiger partial charge is 0.267 e. The summed E-state index contributed by atoms with van der Waals surface area (Å²) in [6.07, 6.45) is 3.21. The molecule has 0 unspecified atom stereocenters. The lowest BCUT2D eigenvalue weighted by atomic mass is 10.1. The number of halogens is 3. The van der Waals surface area contributed by atoms with E-state index in [1.165, 1.54) is 12.3 Å². The minimum absolute atomic E-state index is 0.172. The van der Waals surface area contributed by atoms with Crippen molar-refractivity contribution in [3.05, 3.63) is 84.4 Å². The van der Waals surface area contributed by atoms with Gasteiger partial charge in [0.2, 0.25) is 5.95 Å². The molecular formula is C28H23F3N8O3S2. The maximum atomic E-state index is 14.8. The first-order valence-electron chi connectivity index (χ1n) is 13.1. The van der Waals surface area contributed by atoms with Crippen LogP contribution in [-0.4, -0.2) is 54.7 Å². The van der Waals surface area contributed by atoms with Crippen molar-refractivity contribution in [2.24, 2.45) is 0 Å². The molecule has 5 aromatic rings. The Morgan fingerprint density at radius 3 is 2.43 bits per heavy atom. The van der Waals surface area contributed by atoms with E-state index in [-0.39, 0.29) is 22.3 Å². The molecule has 0 radical (unpaired) electrons. The van der Waals surface area contributed by atoms with Crippen LogP contribution in [-0.2, 0) is 14.8 Å². The molecule has 6 rings (SSSR count). The second-order valence-corrected chi connectivity index (χ2v) is 12.1. The molecular weight excluding hydrogens is 617 g/mol. The van der Waals surface area contributed by atoms with Crippen molar-refractivity contribution in [1.82, 2.24) is 19.9 Å². The molecule has 1 fully saturated rings. The molecule has 0 atom stereocenters. The molecule has 3 aromatic heterocycles. The Labute approximate surface area is 253 Å². The number of morpholine rings is 1. The number of thiazole rings is 1. The highest BCUT2D eigenvalue weighted by Crippen LogP contribution is 2.39. The summed E-state index contributed by atoms with van der Waals surface area (Å²) in [5, 5.41) is 3.29. The SMILES string of the molecule is Nc1nc(-c2ccc(F)c(NS(=O)(=O)c3c(F)cccc3F)c2)c(-c2ccnc(Nc3ccc(N4CCOCC4)nc3)n2)s1. The predicted octanol–water partition coefficient (Wildman–Crippen LogP) is 5.04. The summed E-state index contributed by atoms with van der Waals surface area (Å²) >= 11 is 1.11. The van der Waals surface area contributed by atoms with Gasteiger partial charge in [0, 0.05) is 24.8 Å². The van der Waals surface area contributed by atoms with E-state index in [0.29, 0.717) is 29.5 Å². The molecule has 0 saturated carbocycles. The van der Waals surface area contributed by atoms with Gasteiger partial charge in [-0.1, -0.05) is 17.4 Å². The molecule has 4 N–H and O–H groups in total. The Kier molecular flexibility index (Phi) is 8.03. The standard InChI is InChI=1S/C28H23F3N8O3S2/c29-18-6-4-16(14-22(18)38-44(40,41)26-19(30)2-1-3-20(26)31)24-25(43-27(32)37-24)21-8-9-33-28(36-21)35-17-5-7-23(34-15-17)39-10-12-42-13-11-39/h1-9,14-15,38H,10-13H2,(H2,32,37)(H,33,35,36). The van der Waals surface area contributed by atoms with Crippen LogP contribution >= 0.6 is 11.3 Å². The molecule has 1 aliphatic rings. The van der Waals surface area contributed by atoms with E-state index in [9.17, 15) is 21.6 Å². The van der Waals surface area contributed by atoms with Gasteiger partial charge in [0.15, 0.2) is 10.0 Å². The summed E-state index contributed by atoms with van der Waals surface area (Å²) < 4.78 is 76.1. The summed E-state index contributed by atoms with van der Waals surface area (Å²) in [4.78, 5) is 19.1. The Bertz CT molecular complexity index is 1920. The van der Waals surface area contributed by atoms with E-state index >= 15 is 0 Å². The number of anilines is 5. The van der Waals surface area contributed by atoms with E-state index in [4.69, 9.17) is 10.5 Å². The molecule has 226 valence electrons. The molecule has 11 nitrogen and oxygen atoms in total. The second-order valence-electron chi connectivity index (χ2n) is 9.48. The van der Waals surface area contributed by atoms with Gasteiger partial charge in [-0.25, -0.2) is 41.5 Å². The molecule has 0 amide bonds. The first-order valence-corrected chi connectivity index (χ1v) is 15.4. The van der Waals surface area contributed by atoms with Crippen molar-refractivity contribution in [2.75, 3.05) is 47.0 Å². The van der Waals surface area contributed by atoms with Crippen molar-refractivity contribution >= 4 is 49.6 Å². The van der Waals surface area contributed by atoms with Crippen LogP contribution in [0.25, 0.3) is 21.8 Å². The van der Waals surface area contributed by atoms with Crippen molar-refractivity contribution in [3.8, 4) is 21.8 Å². The molecule has 2 aromatic carbocycles. The topological polar surface area (TPSA) is 148 Å².